The van der Waals surface area contributed by atoms with Crippen LogP contribution in [0.15, 0.2) is 10.9 Å². The molecule has 8 heteroatoms. The molecular formula is C11H11F3N4O. The maximum absolute atomic E-state index is 12.4. The summed E-state index contributed by atoms with van der Waals surface area (Å²) in [7, 11) is 0. The number of halogens is 3. The Hall–Kier alpha value is -1.86. The average molecular weight is 272 g/mol. The zero-order valence-corrected chi connectivity index (χ0v) is 10.1. The fourth-order valence-electron chi connectivity index (χ4n) is 1.91. The van der Waals surface area contributed by atoms with Crippen LogP contribution in [0.4, 0.5) is 13.2 Å². The first-order valence-electron chi connectivity index (χ1n) is 5.87. The second-order valence-corrected chi connectivity index (χ2v) is 4.66. The van der Waals surface area contributed by atoms with Crippen molar-refractivity contribution in [3.05, 3.63) is 29.2 Å². The first kappa shape index (κ1) is 12.2. The van der Waals surface area contributed by atoms with E-state index in [1.165, 1.54) is 0 Å². The highest BCUT2D eigenvalue weighted by molar-refractivity contribution is 5.26. The van der Waals surface area contributed by atoms with Gasteiger partial charge >= 0.3 is 6.18 Å². The van der Waals surface area contributed by atoms with Crippen molar-refractivity contribution in [2.45, 2.75) is 38.4 Å². The van der Waals surface area contributed by atoms with Gasteiger partial charge in [0.2, 0.25) is 0 Å². The minimum absolute atomic E-state index is 0.130. The lowest BCUT2D eigenvalue weighted by atomic mass is 10.1. The van der Waals surface area contributed by atoms with Crippen LogP contribution in [-0.2, 0) is 12.7 Å². The van der Waals surface area contributed by atoms with E-state index in [2.05, 4.69) is 15.2 Å². The molecule has 1 aliphatic carbocycles. The number of alkyl halides is 3. The van der Waals surface area contributed by atoms with Crippen molar-refractivity contribution >= 4 is 0 Å². The normalized spacial score (nSPS) is 16.0. The summed E-state index contributed by atoms with van der Waals surface area (Å²) in [6, 6.07) is 0. The van der Waals surface area contributed by atoms with E-state index in [4.69, 9.17) is 4.52 Å². The molecule has 1 saturated carbocycles. The molecule has 0 radical (unpaired) electrons. The van der Waals surface area contributed by atoms with Gasteiger partial charge in [-0.1, -0.05) is 5.16 Å². The van der Waals surface area contributed by atoms with Gasteiger partial charge in [-0.25, -0.2) is 9.67 Å². The molecule has 2 heterocycles. The minimum Gasteiger partial charge on any atom is -0.360 e. The number of nitrogens with zero attached hydrogens (tertiary/aromatic N) is 4. The van der Waals surface area contributed by atoms with Gasteiger partial charge < -0.3 is 4.52 Å². The van der Waals surface area contributed by atoms with Crippen LogP contribution >= 0.6 is 0 Å². The molecule has 19 heavy (non-hydrogen) atoms. The summed E-state index contributed by atoms with van der Waals surface area (Å²) in [4.78, 5) is 3.24. The summed E-state index contributed by atoms with van der Waals surface area (Å²) < 4.78 is 43.4. The topological polar surface area (TPSA) is 56.7 Å². The minimum atomic E-state index is -4.52. The zero-order valence-electron chi connectivity index (χ0n) is 10.1. The van der Waals surface area contributed by atoms with Crippen LogP contribution < -0.4 is 0 Å². The van der Waals surface area contributed by atoms with E-state index < -0.39 is 12.0 Å². The first-order chi connectivity index (χ1) is 8.95. The molecule has 0 bridgehead atoms. The largest absolute Gasteiger partial charge is 0.453 e. The lowest BCUT2D eigenvalue weighted by molar-refractivity contribution is -0.145. The number of aromatic nitrogens is 4. The van der Waals surface area contributed by atoms with E-state index >= 15 is 0 Å². The van der Waals surface area contributed by atoms with Gasteiger partial charge in [0, 0.05) is 11.5 Å². The van der Waals surface area contributed by atoms with Crippen molar-refractivity contribution in [2.75, 3.05) is 0 Å². The van der Waals surface area contributed by atoms with Crippen LogP contribution in [0.1, 0.15) is 41.6 Å². The van der Waals surface area contributed by atoms with E-state index in [-0.39, 0.29) is 6.54 Å². The molecule has 0 amide bonds. The molecule has 0 atom stereocenters. The number of rotatable bonds is 3. The van der Waals surface area contributed by atoms with Gasteiger partial charge in [0.05, 0.1) is 6.54 Å². The van der Waals surface area contributed by atoms with E-state index in [0.717, 1.165) is 35.2 Å². The lowest BCUT2D eigenvalue weighted by Crippen LogP contribution is -2.09. The Kier molecular flexibility index (Phi) is 2.61. The SMILES string of the molecule is Cc1c(Cn2cnc(C(F)(F)F)n2)noc1C1CC1. The van der Waals surface area contributed by atoms with Gasteiger partial charge in [-0.2, -0.15) is 13.2 Å². The maximum Gasteiger partial charge on any atom is 0.453 e. The molecule has 0 aliphatic heterocycles. The summed E-state index contributed by atoms with van der Waals surface area (Å²) in [5.41, 5.74) is 1.49. The molecule has 1 aliphatic rings. The fourth-order valence-corrected chi connectivity index (χ4v) is 1.91. The van der Waals surface area contributed by atoms with Gasteiger partial charge in [0.25, 0.3) is 5.82 Å². The molecule has 0 spiro atoms. The van der Waals surface area contributed by atoms with Gasteiger partial charge in [0.1, 0.15) is 17.8 Å². The summed E-state index contributed by atoms with van der Waals surface area (Å²) in [5, 5.41) is 7.29. The van der Waals surface area contributed by atoms with Crippen molar-refractivity contribution in [3.8, 4) is 0 Å². The Morgan fingerprint density at radius 3 is 2.74 bits per heavy atom. The van der Waals surface area contributed by atoms with Crippen molar-refractivity contribution in [1.29, 1.82) is 0 Å². The van der Waals surface area contributed by atoms with E-state index in [1.54, 1.807) is 0 Å². The Morgan fingerprint density at radius 1 is 1.42 bits per heavy atom. The molecule has 5 nitrogen and oxygen atoms in total. The third-order valence-electron chi connectivity index (χ3n) is 3.11. The third-order valence-corrected chi connectivity index (χ3v) is 3.11. The Bertz CT molecular complexity index is 597. The van der Waals surface area contributed by atoms with E-state index in [0.29, 0.717) is 11.6 Å². The first-order valence-corrected chi connectivity index (χ1v) is 5.87. The third kappa shape index (κ3) is 2.34. The predicted molar refractivity (Wildman–Crippen MR) is 57.3 cm³/mol. The van der Waals surface area contributed by atoms with Crippen molar-refractivity contribution in [3.63, 3.8) is 0 Å². The molecule has 3 rings (SSSR count). The van der Waals surface area contributed by atoms with Crippen molar-refractivity contribution in [2.24, 2.45) is 0 Å². The highest BCUT2D eigenvalue weighted by Gasteiger charge is 2.36. The van der Waals surface area contributed by atoms with Crippen LogP contribution in [-0.4, -0.2) is 19.9 Å². The van der Waals surface area contributed by atoms with Gasteiger partial charge in [0.15, 0.2) is 0 Å². The molecule has 0 aromatic carbocycles. The number of hydrogen-bond donors (Lipinski definition) is 0. The monoisotopic (exact) mass is 272 g/mol. The van der Waals surface area contributed by atoms with Crippen molar-refractivity contribution < 1.29 is 17.7 Å². The van der Waals surface area contributed by atoms with Crippen LogP contribution in [0.5, 0.6) is 0 Å². The van der Waals surface area contributed by atoms with Crippen LogP contribution in [0.25, 0.3) is 0 Å². The highest BCUT2D eigenvalue weighted by Crippen LogP contribution is 2.42. The molecule has 0 unspecified atom stereocenters. The van der Waals surface area contributed by atoms with E-state index in [1.807, 2.05) is 6.92 Å². The summed E-state index contributed by atoms with van der Waals surface area (Å²) in [6.07, 6.45) is -1.31. The fraction of sp³-hybridized carbons (Fsp3) is 0.545. The quantitative estimate of drug-likeness (QED) is 0.861. The molecule has 102 valence electrons. The summed E-state index contributed by atoms with van der Waals surface area (Å²) >= 11 is 0. The lowest BCUT2D eigenvalue weighted by Gasteiger charge is -2.00. The predicted octanol–water partition coefficient (Wildman–Crippen LogP) is 2.52. The highest BCUT2D eigenvalue weighted by atomic mass is 19.4. The molecular weight excluding hydrogens is 261 g/mol. The Morgan fingerprint density at radius 2 is 2.16 bits per heavy atom. The molecule has 2 aromatic heterocycles. The van der Waals surface area contributed by atoms with Gasteiger partial charge in [-0.15, -0.1) is 5.10 Å². The Balaban J connectivity index is 1.79. The summed E-state index contributed by atoms with van der Waals surface area (Å²) in [5.74, 6) is 0.116. The molecule has 2 aromatic rings. The van der Waals surface area contributed by atoms with Crippen molar-refractivity contribution in [1.82, 2.24) is 19.9 Å². The number of hydrogen-bond acceptors (Lipinski definition) is 4. The van der Waals surface area contributed by atoms with Gasteiger partial charge in [-0.3, -0.25) is 0 Å². The molecule has 0 N–H and O–H groups in total. The average Bonchev–Trinajstić information content (AvgIpc) is 2.93. The van der Waals surface area contributed by atoms with E-state index in [9.17, 15) is 13.2 Å². The second kappa shape index (κ2) is 4.07. The maximum atomic E-state index is 12.4. The van der Waals surface area contributed by atoms with Gasteiger partial charge in [-0.05, 0) is 19.8 Å². The summed E-state index contributed by atoms with van der Waals surface area (Å²) in [6.45, 7) is 1.99. The van der Waals surface area contributed by atoms with Crippen LogP contribution in [0.2, 0.25) is 0 Å². The second-order valence-electron chi connectivity index (χ2n) is 4.66. The van der Waals surface area contributed by atoms with Crippen LogP contribution in [0, 0.1) is 6.92 Å². The smallest absolute Gasteiger partial charge is 0.360 e. The Labute approximate surface area is 106 Å². The molecule has 1 fully saturated rings. The van der Waals surface area contributed by atoms with Crippen LogP contribution in [0.3, 0.4) is 0 Å². The zero-order chi connectivity index (χ0) is 13.6. The molecule has 0 saturated heterocycles. The standard InChI is InChI=1S/C11H11F3N4O/c1-6-8(17-19-9(6)7-2-3-7)4-18-5-15-10(16-18)11(12,13)14/h5,7H,2-4H2,1H3.